The van der Waals surface area contributed by atoms with Crippen molar-refractivity contribution >= 4 is 17.3 Å². The van der Waals surface area contributed by atoms with Gasteiger partial charge in [0.05, 0.1) is 10.7 Å². The number of hydrogen-bond acceptors (Lipinski definition) is 3. The zero-order chi connectivity index (χ0) is 15.2. The molecule has 0 aliphatic heterocycles. The number of benzene rings is 1. The second-order valence-electron chi connectivity index (χ2n) is 5.49. The number of halogens is 1. The van der Waals surface area contributed by atoms with Gasteiger partial charge in [-0.2, -0.15) is 0 Å². The molecule has 2 rings (SSSR count). The number of nitrogens with zero attached hydrogens (tertiary/aromatic N) is 2. The van der Waals surface area contributed by atoms with E-state index in [1.165, 1.54) is 11.1 Å². The molecule has 1 heterocycles. The van der Waals surface area contributed by atoms with E-state index in [1.807, 2.05) is 37.5 Å². The van der Waals surface area contributed by atoms with Crippen LogP contribution in [0.2, 0.25) is 5.02 Å². The van der Waals surface area contributed by atoms with Crippen LogP contribution in [-0.4, -0.2) is 24.6 Å². The largest absolute Gasteiger partial charge is 0.373 e. The van der Waals surface area contributed by atoms with Crippen LogP contribution < -0.4 is 10.6 Å². The fourth-order valence-corrected chi connectivity index (χ4v) is 2.67. The third-order valence-electron chi connectivity index (χ3n) is 3.47. The minimum atomic E-state index is 0.149. The van der Waals surface area contributed by atoms with E-state index in [-0.39, 0.29) is 6.04 Å². The van der Waals surface area contributed by atoms with Gasteiger partial charge in [-0.05, 0) is 55.2 Å². The standard InChI is InChI=1S/C17H22ClN3/c1-13(19)11-15-3-4-17(16(18)12-15)21(2)10-7-14-5-8-20-9-6-14/h3-6,8-9,12-13H,7,10-11,19H2,1-2H3. The van der Waals surface area contributed by atoms with Crippen LogP contribution in [0.25, 0.3) is 0 Å². The van der Waals surface area contributed by atoms with E-state index in [0.29, 0.717) is 0 Å². The first-order chi connectivity index (χ1) is 10.1. The molecular weight excluding hydrogens is 282 g/mol. The summed E-state index contributed by atoms with van der Waals surface area (Å²) in [6.45, 7) is 2.92. The van der Waals surface area contributed by atoms with Crippen LogP contribution in [0.3, 0.4) is 0 Å². The lowest BCUT2D eigenvalue weighted by atomic mass is 10.1. The molecule has 0 radical (unpaired) electrons. The first-order valence-electron chi connectivity index (χ1n) is 7.20. The highest BCUT2D eigenvalue weighted by Crippen LogP contribution is 2.26. The molecule has 4 heteroatoms. The second-order valence-corrected chi connectivity index (χ2v) is 5.90. The van der Waals surface area contributed by atoms with E-state index in [0.717, 1.165) is 30.1 Å². The minimum absolute atomic E-state index is 0.149. The fraction of sp³-hybridized carbons (Fsp3) is 0.353. The number of nitrogens with two attached hydrogens (primary N) is 1. The topological polar surface area (TPSA) is 42.1 Å². The van der Waals surface area contributed by atoms with E-state index in [4.69, 9.17) is 17.3 Å². The molecule has 3 nitrogen and oxygen atoms in total. The van der Waals surface area contributed by atoms with Gasteiger partial charge < -0.3 is 10.6 Å². The van der Waals surface area contributed by atoms with Crippen LogP contribution in [0.1, 0.15) is 18.1 Å². The van der Waals surface area contributed by atoms with Gasteiger partial charge in [-0.1, -0.05) is 17.7 Å². The smallest absolute Gasteiger partial charge is 0.0642 e. The molecule has 2 aromatic rings. The molecule has 1 atom stereocenters. The molecule has 21 heavy (non-hydrogen) atoms. The molecule has 0 fully saturated rings. The Morgan fingerprint density at radius 1 is 1.19 bits per heavy atom. The van der Waals surface area contributed by atoms with Gasteiger partial charge >= 0.3 is 0 Å². The van der Waals surface area contributed by atoms with E-state index in [9.17, 15) is 0 Å². The molecule has 2 N–H and O–H groups in total. The molecule has 0 amide bonds. The summed E-state index contributed by atoms with van der Waals surface area (Å²) in [5, 5.41) is 0.783. The van der Waals surface area contributed by atoms with Crippen molar-refractivity contribution in [3.63, 3.8) is 0 Å². The lowest BCUT2D eigenvalue weighted by molar-refractivity contribution is 0.738. The quantitative estimate of drug-likeness (QED) is 0.890. The average Bonchev–Trinajstić information content (AvgIpc) is 2.45. The molecular formula is C17H22ClN3. The molecule has 0 saturated carbocycles. The van der Waals surface area contributed by atoms with Crippen LogP contribution in [0.4, 0.5) is 5.69 Å². The van der Waals surface area contributed by atoms with Crippen molar-refractivity contribution in [3.05, 3.63) is 58.9 Å². The number of pyridine rings is 1. The highest BCUT2D eigenvalue weighted by Gasteiger charge is 2.08. The number of likely N-dealkylation sites (N-methyl/N-ethyl adjacent to an activating group) is 1. The maximum Gasteiger partial charge on any atom is 0.0642 e. The Hall–Kier alpha value is -1.58. The monoisotopic (exact) mass is 303 g/mol. The Bertz CT molecular complexity index is 570. The first kappa shape index (κ1) is 15.8. The molecule has 1 aromatic heterocycles. The predicted molar refractivity (Wildman–Crippen MR) is 90.0 cm³/mol. The van der Waals surface area contributed by atoms with Gasteiger partial charge in [0.15, 0.2) is 0 Å². The number of hydrogen-bond donors (Lipinski definition) is 1. The van der Waals surface area contributed by atoms with Gasteiger partial charge in [-0.25, -0.2) is 0 Å². The van der Waals surface area contributed by atoms with Crippen molar-refractivity contribution in [1.82, 2.24) is 4.98 Å². The molecule has 112 valence electrons. The third kappa shape index (κ3) is 4.73. The van der Waals surface area contributed by atoms with Gasteiger partial charge in [0.1, 0.15) is 0 Å². The van der Waals surface area contributed by atoms with Gasteiger partial charge in [-0.3, -0.25) is 4.98 Å². The van der Waals surface area contributed by atoms with Gasteiger partial charge in [-0.15, -0.1) is 0 Å². The van der Waals surface area contributed by atoms with Gasteiger partial charge in [0, 0.05) is 32.0 Å². The minimum Gasteiger partial charge on any atom is -0.373 e. The number of aromatic nitrogens is 1. The Morgan fingerprint density at radius 2 is 1.90 bits per heavy atom. The number of anilines is 1. The molecule has 0 aliphatic rings. The van der Waals surface area contributed by atoms with Crippen LogP contribution in [0.15, 0.2) is 42.7 Å². The lowest BCUT2D eigenvalue weighted by Crippen LogP contribution is -2.21. The average molecular weight is 304 g/mol. The second kappa shape index (κ2) is 7.43. The lowest BCUT2D eigenvalue weighted by Gasteiger charge is -2.21. The highest BCUT2D eigenvalue weighted by atomic mass is 35.5. The SMILES string of the molecule is CC(N)Cc1ccc(N(C)CCc2ccncc2)c(Cl)c1. The maximum absolute atomic E-state index is 6.40. The Morgan fingerprint density at radius 3 is 2.52 bits per heavy atom. The molecule has 1 aromatic carbocycles. The third-order valence-corrected chi connectivity index (χ3v) is 3.77. The van der Waals surface area contributed by atoms with Crippen molar-refractivity contribution in [2.24, 2.45) is 5.73 Å². The summed E-state index contributed by atoms with van der Waals surface area (Å²) in [4.78, 5) is 6.21. The van der Waals surface area contributed by atoms with Gasteiger partial charge in [0.25, 0.3) is 0 Å². The molecule has 0 spiro atoms. The summed E-state index contributed by atoms with van der Waals surface area (Å²) in [7, 11) is 2.06. The van der Waals surface area contributed by atoms with E-state index < -0.39 is 0 Å². The predicted octanol–water partition coefficient (Wildman–Crippen LogP) is 3.30. The summed E-state index contributed by atoms with van der Waals surface area (Å²) in [5.74, 6) is 0. The summed E-state index contributed by atoms with van der Waals surface area (Å²) in [6, 6.07) is 10.4. The van der Waals surface area contributed by atoms with Crippen molar-refractivity contribution in [3.8, 4) is 0 Å². The number of rotatable bonds is 6. The zero-order valence-corrected chi connectivity index (χ0v) is 13.3. The molecule has 0 saturated heterocycles. The Labute approximate surface area is 131 Å². The Balaban J connectivity index is 2.00. The molecule has 0 bridgehead atoms. The van der Waals surface area contributed by atoms with Crippen LogP contribution in [-0.2, 0) is 12.8 Å². The van der Waals surface area contributed by atoms with Crippen LogP contribution in [0.5, 0.6) is 0 Å². The van der Waals surface area contributed by atoms with E-state index in [2.05, 4.69) is 29.1 Å². The zero-order valence-electron chi connectivity index (χ0n) is 12.6. The van der Waals surface area contributed by atoms with E-state index >= 15 is 0 Å². The summed E-state index contributed by atoms with van der Waals surface area (Å²) in [6.07, 6.45) is 5.47. The molecule has 1 unspecified atom stereocenters. The fourth-order valence-electron chi connectivity index (χ4n) is 2.33. The first-order valence-corrected chi connectivity index (χ1v) is 7.58. The van der Waals surface area contributed by atoms with Crippen LogP contribution in [0, 0.1) is 0 Å². The maximum atomic E-state index is 6.40. The van der Waals surface area contributed by atoms with Crippen molar-refractivity contribution in [2.45, 2.75) is 25.8 Å². The van der Waals surface area contributed by atoms with Crippen molar-refractivity contribution in [2.75, 3.05) is 18.5 Å². The normalized spacial score (nSPS) is 12.2. The van der Waals surface area contributed by atoms with Crippen molar-refractivity contribution in [1.29, 1.82) is 0 Å². The van der Waals surface area contributed by atoms with E-state index in [1.54, 1.807) is 0 Å². The summed E-state index contributed by atoms with van der Waals surface area (Å²) < 4.78 is 0. The van der Waals surface area contributed by atoms with Gasteiger partial charge in [0.2, 0.25) is 0 Å². The van der Waals surface area contributed by atoms with Crippen LogP contribution >= 0.6 is 11.6 Å². The van der Waals surface area contributed by atoms with Crippen molar-refractivity contribution < 1.29 is 0 Å². The highest BCUT2D eigenvalue weighted by molar-refractivity contribution is 6.33. The summed E-state index contributed by atoms with van der Waals surface area (Å²) >= 11 is 6.40. The Kier molecular flexibility index (Phi) is 5.59. The molecule has 0 aliphatic carbocycles. The summed E-state index contributed by atoms with van der Waals surface area (Å²) in [5.41, 5.74) is 9.34.